The first-order chi connectivity index (χ1) is 13.0. The lowest BCUT2D eigenvalue weighted by Gasteiger charge is -2.12. The average Bonchev–Trinajstić information content (AvgIpc) is 2.68. The summed E-state index contributed by atoms with van der Waals surface area (Å²) >= 11 is 11.7. The number of carbonyl (C=O) groups excluding carboxylic acids is 1. The SMILES string of the molecule is CC(CO)NC(=O)c1cc(-c2ccc(Cl)cc2)nc(-c2cnc(Cl)nc2)n1. The molecule has 0 saturated carbocycles. The van der Waals surface area contributed by atoms with Crippen molar-refractivity contribution in [2.75, 3.05) is 6.61 Å². The van der Waals surface area contributed by atoms with E-state index in [4.69, 9.17) is 28.3 Å². The molecule has 0 aliphatic rings. The Bertz CT molecular complexity index is 885. The average molecular weight is 404 g/mol. The van der Waals surface area contributed by atoms with E-state index in [1.807, 2.05) is 0 Å². The van der Waals surface area contributed by atoms with Gasteiger partial charge in [0.1, 0.15) is 5.69 Å². The quantitative estimate of drug-likeness (QED) is 0.634. The zero-order chi connectivity index (χ0) is 19.4. The minimum absolute atomic E-state index is 0.0994. The second-order valence-corrected chi connectivity index (χ2v) is 6.54. The van der Waals surface area contributed by atoms with Crippen molar-refractivity contribution in [3.05, 3.63) is 58.7 Å². The smallest absolute Gasteiger partial charge is 0.270 e. The first kappa shape index (κ1) is 19.2. The van der Waals surface area contributed by atoms with Crippen molar-refractivity contribution in [3.8, 4) is 22.6 Å². The minimum atomic E-state index is -0.426. The highest BCUT2D eigenvalue weighted by atomic mass is 35.5. The Hall–Kier alpha value is -2.61. The van der Waals surface area contributed by atoms with Crippen LogP contribution in [0.4, 0.5) is 0 Å². The van der Waals surface area contributed by atoms with Crippen molar-refractivity contribution in [2.45, 2.75) is 13.0 Å². The van der Waals surface area contributed by atoms with Crippen LogP contribution in [0.15, 0.2) is 42.7 Å². The Morgan fingerprint density at radius 3 is 2.41 bits per heavy atom. The molecule has 1 unspecified atom stereocenters. The van der Waals surface area contributed by atoms with Gasteiger partial charge in [0.2, 0.25) is 5.28 Å². The standard InChI is InChI=1S/C18H15Cl2N5O2/c1-10(9-26)23-17(27)15-6-14(11-2-4-13(19)5-3-11)24-16(25-15)12-7-21-18(20)22-8-12/h2-8,10,26H,9H2,1H3,(H,23,27). The lowest BCUT2D eigenvalue weighted by atomic mass is 10.1. The summed E-state index contributed by atoms with van der Waals surface area (Å²) in [5.41, 5.74) is 1.97. The molecule has 0 spiro atoms. The Kier molecular flexibility index (Phi) is 5.95. The van der Waals surface area contributed by atoms with Gasteiger partial charge < -0.3 is 10.4 Å². The maximum Gasteiger partial charge on any atom is 0.270 e. The van der Waals surface area contributed by atoms with E-state index in [1.165, 1.54) is 12.4 Å². The Balaban J connectivity index is 2.08. The molecule has 1 aromatic carbocycles. The Morgan fingerprint density at radius 2 is 1.78 bits per heavy atom. The molecule has 3 aromatic rings. The molecular weight excluding hydrogens is 389 g/mol. The van der Waals surface area contributed by atoms with Gasteiger partial charge in [-0.3, -0.25) is 4.79 Å². The number of nitrogens with zero attached hydrogens (tertiary/aromatic N) is 4. The van der Waals surface area contributed by atoms with E-state index in [0.717, 1.165) is 5.56 Å². The van der Waals surface area contributed by atoms with Gasteiger partial charge in [-0.15, -0.1) is 0 Å². The molecule has 0 aliphatic carbocycles. The van der Waals surface area contributed by atoms with E-state index in [1.54, 1.807) is 37.3 Å². The number of benzene rings is 1. The first-order valence-corrected chi connectivity index (χ1v) is 8.76. The normalized spacial score (nSPS) is 11.9. The largest absolute Gasteiger partial charge is 0.394 e. The van der Waals surface area contributed by atoms with Crippen molar-refractivity contribution < 1.29 is 9.90 Å². The van der Waals surface area contributed by atoms with Gasteiger partial charge in [0.05, 0.1) is 17.9 Å². The lowest BCUT2D eigenvalue weighted by Crippen LogP contribution is -2.35. The fourth-order valence-corrected chi connectivity index (χ4v) is 2.46. The topological polar surface area (TPSA) is 101 Å². The van der Waals surface area contributed by atoms with Crippen LogP contribution in [-0.4, -0.2) is 43.6 Å². The third-order valence-corrected chi connectivity index (χ3v) is 4.08. The summed E-state index contributed by atoms with van der Waals surface area (Å²) in [5.74, 6) is -0.147. The lowest BCUT2D eigenvalue weighted by molar-refractivity contribution is 0.0917. The van der Waals surface area contributed by atoms with E-state index >= 15 is 0 Å². The molecule has 0 fully saturated rings. The predicted octanol–water partition coefficient (Wildman–Crippen LogP) is 3.02. The number of carbonyl (C=O) groups is 1. The Labute approximate surface area is 165 Å². The molecule has 0 saturated heterocycles. The summed E-state index contributed by atoms with van der Waals surface area (Å²) < 4.78 is 0. The third kappa shape index (κ3) is 4.77. The molecular formula is C18H15Cl2N5O2. The number of aromatic nitrogens is 4. The molecule has 0 bridgehead atoms. The van der Waals surface area contributed by atoms with Gasteiger partial charge in [-0.25, -0.2) is 19.9 Å². The zero-order valence-corrected chi connectivity index (χ0v) is 15.7. The molecule has 0 radical (unpaired) electrons. The fraction of sp³-hybridized carbons (Fsp3) is 0.167. The number of rotatable bonds is 5. The van der Waals surface area contributed by atoms with Crippen LogP contribution in [0, 0.1) is 0 Å². The Morgan fingerprint density at radius 1 is 1.11 bits per heavy atom. The van der Waals surface area contributed by atoms with Crippen molar-refractivity contribution in [2.24, 2.45) is 0 Å². The van der Waals surface area contributed by atoms with Crippen molar-refractivity contribution in [1.29, 1.82) is 0 Å². The van der Waals surface area contributed by atoms with Crippen LogP contribution in [0.1, 0.15) is 17.4 Å². The van der Waals surface area contributed by atoms with E-state index in [-0.39, 0.29) is 23.4 Å². The molecule has 9 heteroatoms. The number of aliphatic hydroxyl groups excluding tert-OH is 1. The van der Waals surface area contributed by atoms with Gasteiger partial charge in [-0.2, -0.15) is 0 Å². The number of hydrogen-bond donors (Lipinski definition) is 2. The van der Waals surface area contributed by atoms with Crippen molar-refractivity contribution >= 4 is 29.1 Å². The number of halogens is 2. The van der Waals surface area contributed by atoms with Crippen LogP contribution in [0.25, 0.3) is 22.6 Å². The van der Waals surface area contributed by atoms with Gasteiger partial charge in [0.15, 0.2) is 5.82 Å². The van der Waals surface area contributed by atoms with Crippen LogP contribution in [0.2, 0.25) is 10.3 Å². The van der Waals surface area contributed by atoms with E-state index in [2.05, 4.69) is 25.3 Å². The van der Waals surface area contributed by atoms with Crippen LogP contribution >= 0.6 is 23.2 Å². The highest BCUT2D eigenvalue weighted by Crippen LogP contribution is 2.23. The minimum Gasteiger partial charge on any atom is -0.394 e. The number of amides is 1. The van der Waals surface area contributed by atoms with Crippen LogP contribution in [-0.2, 0) is 0 Å². The van der Waals surface area contributed by atoms with Gasteiger partial charge in [-0.05, 0) is 36.7 Å². The highest BCUT2D eigenvalue weighted by Gasteiger charge is 2.16. The molecule has 27 heavy (non-hydrogen) atoms. The van der Waals surface area contributed by atoms with Crippen LogP contribution in [0.3, 0.4) is 0 Å². The molecule has 7 nitrogen and oxygen atoms in total. The van der Waals surface area contributed by atoms with E-state index < -0.39 is 11.9 Å². The molecule has 2 aromatic heterocycles. The summed E-state index contributed by atoms with van der Waals surface area (Å²) in [7, 11) is 0. The summed E-state index contributed by atoms with van der Waals surface area (Å²) in [6.07, 6.45) is 2.96. The summed E-state index contributed by atoms with van der Waals surface area (Å²) in [5, 5.41) is 12.5. The van der Waals surface area contributed by atoms with Gasteiger partial charge >= 0.3 is 0 Å². The van der Waals surface area contributed by atoms with Crippen LogP contribution < -0.4 is 5.32 Å². The summed E-state index contributed by atoms with van der Waals surface area (Å²) in [6.45, 7) is 1.51. The molecule has 2 N–H and O–H groups in total. The molecule has 2 heterocycles. The second kappa shape index (κ2) is 8.39. The molecule has 0 aliphatic heterocycles. The number of nitrogens with one attached hydrogen (secondary N) is 1. The molecule has 3 rings (SSSR count). The van der Waals surface area contributed by atoms with Crippen molar-refractivity contribution in [1.82, 2.24) is 25.3 Å². The third-order valence-electron chi connectivity index (χ3n) is 3.63. The fourth-order valence-electron chi connectivity index (χ4n) is 2.23. The van der Waals surface area contributed by atoms with E-state index in [0.29, 0.717) is 16.3 Å². The first-order valence-electron chi connectivity index (χ1n) is 8.01. The van der Waals surface area contributed by atoms with Crippen LogP contribution in [0.5, 0.6) is 0 Å². The maximum atomic E-state index is 12.5. The van der Waals surface area contributed by atoms with Gasteiger partial charge in [0, 0.05) is 29.0 Å². The summed E-state index contributed by atoms with van der Waals surface area (Å²) in [4.78, 5) is 29.2. The number of aliphatic hydroxyl groups is 1. The monoisotopic (exact) mass is 403 g/mol. The van der Waals surface area contributed by atoms with Gasteiger partial charge in [-0.1, -0.05) is 23.7 Å². The molecule has 1 atom stereocenters. The zero-order valence-electron chi connectivity index (χ0n) is 14.2. The number of hydrogen-bond acceptors (Lipinski definition) is 6. The highest BCUT2D eigenvalue weighted by molar-refractivity contribution is 6.30. The predicted molar refractivity (Wildman–Crippen MR) is 103 cm³/mol. The molecule has 138 valence electrons. The van der Waals surface area contributed by atoms with Gasteiger partial charge in [0.25, 0.3) is 5.91 Å². The maximum absolute atomic E-state index is 12.5. The molecule has 1 amide bonds. The van der Waals surface area contributed by atoms with E-state index in [9.17, 15) is 4.79 Å². The van der Waals surface area contributed by atoms with Crippen molar-refractivity contribution in [3.63, 3.8) is 0 Å². The summed E-state index contributed by atoms with van der Waals surface area (Å²) in [6, 6.07) is 8.22. The second-order valence-electron chi connectivity index (χ2n) is 5.77.